The Bertz CT molecular complexity index is 329. The summed E-state index contributed by atoms with van der Waals surface area (Å²) in [5.74, 6) is 0.563. The molecular weight excluding hydrogens is 289 g/mol. The van der Waals surface area contributed by atoms with Gasteiger partial charge < -0.3 is 11.1 Å². The molecule has 1 aliphatic heterocycles. The van der Waals surface area contributed by atoms with Gasteiger partial charge in [0.2, 0.25) is 0 Å². The fourth-order valence-corrected chi connectivity index (χ4v) is 2.41. The average molecular weight is 307 g/mol. The normalized spacial score (nSPS) is 18.9. The van der Waals surface area contributed by atoms with Crippen LogP contribution in [-0.2, 0) is 0 Å². The Hall–Kier alpha value is -0.160. The topological polar surface area (TPSA) is 50.9 Å². The first kappa shape index (κ1) is 13.9. The van der Waals surface area contributed by atoms with Crippen LogP contribution in [0.1, 0.15) is 24.6 Å². The SMILES string of the molecule is Cl.N[C@@H](c1cccc(Br)n1)C1CCNCC1. The molecule has 0 aromatic carbocycles. The Kier molecular flexibility index (Phi) is 5.69. The largest absolute Gasteiger partial charge is 0.322 e. The van der Waals surface area contributed by atoms with Gasteiger partial charge in [0.15, 0.2) is 0 Å². The first-order valence-corrected chi connectivity index (χ1v) is 6.15. The van der Waals surface area contributed by atoms with Crippen molar-refractivity contribution in [2.75, 3.05) is 13.1 Å². The van der Waals surface area contributed by atoms with Gasteiger partial charge in [-0.2, -0.15) is 0 Å². The standard InChI is InChI=1S/C11H16BrN3.ClH/c12-10-3-1-2-9(15-10)11(13)8-4-6-14-7-5-8;/h1-3,8,11,14H,4-7,13H2;1H/t11-;/m1./s1. The lowest BCUT2D eigenvalue weighted by molar-refractivity contribution is 0.318. The van der Waals surface area contributed by atoms with Crippen LogP contribution >= 0.6 is 28.3 Å². The lowest BCUT2D eigenvalue weighted by Gasteiger charge is -2.27. The van der Waals surface area contributed by atoms with Gasteiger partial charge in [0, 0.05) is 6.04 Å². The van der Waals surface area contributed by atoms with Crippen molar-refractivity contribution in [3.63, 3.8) is 0 Å². The summed E-state index contributed by atoms with van der Waals surface area (Å²) in [6, 6.07) is 6.01. The van der Waals surface area contributed by atoms with E-state index in [1.807, 2.05) is 18.2 Å². The van der Waals surface area contributed by atoms with Gasteiger partial charge in [-0.1, -0.05) is 6.07 Å². The van der Waals surface area contributed by atoms with Crippen molar-refractivity contribution in [3.05, 3.63) is 28.5 Å². The number of halogens is 2. The molecule has 0 unspecified atom stereocenters. The fraction of sp³-hybridized carbons (Fsp3) is 0.545. The number of hydrogen-bond donors (Lipinski definition) is 2. The van der Waals surface area contributed by atoms with Gasteiger partial charge in [-0.3, -0.25) is 0 Å². The summed E-state index contributed by atoms with van der Waals surface area (Å²) in [6.07, 6.45) is 2.30. The minimum atomic E-state index is 0. The second-order valence-corrected chi connectivity index (χ2v) is 4.81. The smallest absolute Gasteiger partial charge is 0.106 e. The van der Waals surface area contributed by atoms with E-state index in [0.29, 0.717) is 5.92 Å². The first-order valence-electron chi connectivity index (χ1n) is 5.36. The zero-order valence-electron chi connectivity index (χ0n) is 9.03. The summed E-state index contributed by atoms with van der Waals surface area (Å²) in [5, 5.41) is 3.35. The molecule has 1 fully saturated rings. The molecule has 1 atom stereocenters. The summed E-state index contributed by atoms with van der Waals surface area (Å²) >= 11 is 3.38. The van der Waals surface area contributed by atoms with Crippen LogP contribution < -0.4 is 11.1 Å². The van der Waals surface area contributed by atoms with Crippen LogP contribution in [0, 0.1) is 5.92 Å². The third kappa shape index (κ3) is 3.42. The van der Waals surface area contributed by atoms with Gasteiger partial charge in [-0.05, 0) is 59.9 Å². The molecule has 1 aromatic heterocycles. The van der Waals surface area contributed by atoms with Gasteiger partial charge in [-0.25, -0.2) is 4.98 Å². The molecule has 0 aliphatic carbocycles. The summed E-state index contributed by atoms with van der Waals surface area (Å²) in [6.45, 7) is 2.15. The molecular formula is C11H17BrClN3. The minimum absolute atomic E-state index is 0. The molecule has 0 spiro atoms. The number of rotatable bonds is 2. The zero-order chi connectivity index (χ0) is 10.7. The molecule has 0 radical (unpaired) electrons. The predicted molar refractivity (Wildman–Crippen MR) is 71.7 cm³/mol. The summed E-state index contributed by atoms with van der Waals surface area (Å²) in [4.78, 5) is 4.42. The van der Waals surface area contributed by atoms with E-state index in [9.17, 15) is 0 Å². The molecule has 1 saturated heterocycles. The van der Waals surface area contributed by atoms with Crippen molar-refractivity contribution < 1.29 is 0 Å². The Balaban J connectivity index is 0.00000128. The zero-order valence-corrected chi connectivity index (χ0v) is 11.4. The highest BCUT2D eigenvalue weighted by Crippen LogP contribution is 2.26. The van der Waals surface area contributed by atoms with E-state index in [1.54, 1.807) is 0 Å². The minimum Gasteiger partial charge on any atom is -0.322 e. The van der Waals surface area contributed by atoms with E-state index in [0.717, 1.165) is 36.2 Å². The maximum absolute atomic E-state index is 6.23. The predicted octanol–water partition coefficient (Wildman–Crippen LogP) is 2.27. The average Bonchev–Trinajstić information content (AvgIpc) is 2.29. The molecule has 0 amide bonds. The van der Waals surface area contributed by atoms with E-state index in [4.69, 9.17) is 5.73 Å². The number of nitrogens with two attached hydrogens (primary N) is 1. The van der Waals surface area contributed by atoms with E-state index < -0.39 is 0 Å². The molecule has 3 nitrogen and oxygen atoms in total. The molecule has 90 valence electrons. The molecule has 0 bridgehead atoms. The highest BCUT2D eigenvalue weighted by atomic mass is 79.9. The van der Waals surface area contributed by atoms with Crippen molar-refractivity contribution in [1.29, 1.82) is 0 Å². The fourth-order valence-electron chi connectivity index (χ4n) is 2.05. The van der Waals surface area contributed by atoms with Crippen LogP contribution in [-0.4, -0.2) is 18.1 Å². The van der Waals surface area contributed by atoms with Crippen molar-refractivity contribution in [2.24, 2.45) is 11.7 Å². The number of nitrogens with one attached hydrogen (secondary N) is 1. The van der Waals surface area contributed by atoms with Crippen LogP contribution in [0.2, 0.25) is 0 Å². The van der Waals surface area contributed by atoms with E-state index in [1.165, 1.54) is 0 Å². The molecule has 16 heavy (non-hydrogen) atoms. The Morgan fingerprint density at radius 1 is 1.38 bits per heavy atom. The van der Waals surface area contributed by atoms with Gasteiger partial charge in [-0.15, -0.1) is 12.4 Å². The van der Waals surface area contributed by atoms with Crippen LogP contribution in [0.5, 0.6) is 0 Å². The third-order valence-corrected chi connectivity index (χ3v) is 3.41. The van der Waals surface area contributed by atoms with Gasteiger partial charge in [0.25, 0.3) is 0 Å². The summed E-state index contributed by atoms with van der Waals surface area (Å²) in [5.41, 5.74) is 7.22. The monoisotopic (exact) mass is 305 g/mol. The van der Waals surface area contributed by atoms with Crippen LogP contribution in [0.3, 0.4) is 0 Å². The highest BCUT2D eigenvalue weighted by molar-refractivity contribution is 9.10. The van der Waals surface area contributed by atoms with Crippen molar-refractivity contribution in [2.45, 2.75) is 18.9 Å². The quantitative estimate of drug-likeness (QED) is 0.824. The van der Waals surface area contributed by atoms with E-state index in [-0.39, 0.29) is 18.4 Å². The molecule has 3 N–H and O–H groups in total. The number of pyridine rings is 1. The number of nitrogens with zero attached hydrogens (tertiary/aromatic N) is 1. The molecule has 1 aliphatic rings. The number of piperidine rings is 1. The Morgan fingerprint density at radius 2 is 2.06 bits per heavy atom. The van der Waals surface area contributed by atoms with Crippen LogP contribution in [0.25, 0.3) is 0 Å². The highest BCUT2D eigenvalue weighted by Gasteiger charge is 2.22. The Morgan fingerprint density at radius 3 is 2.69 bits per heavy atom. The Labute approximate surface area is 111 Å². The number of hydrogen-bond acceptors (Lipinski definition) is 3. The number of aromatic nitrogens is 1. The summed E-state index contributed by atoms with van der Waals surface area (Å²) < 4.78 is 0.865. The van der Waals surface area contributed by atoms with Gasteiger partial charge in [0.1, 0.15) is 4.60 Å². The van der Waals surface area contributed by atoms with Gasteiger partial charge in [0.05, 0.1) is 5.69 Å². The molecule has 1 aromatic rings. The second-order valence-electron chi connectivity index (χ2n) is 4.00. The maximum Gasteiger partial charge on any atom is 0.106 e. The van der Waals surface area contributed by atoms with Gasteiger partial charge >= 0.3 is 0 Å². The molecule has 5 heteroatoms. The lowest BCUT2D eigenvalue weighted by atomic mass is 9.89. The first-order chi connectivity index (χ1) is 7.27. The molecule has 2 rings (SSSR count). The van der Waals surface area contributed by atoms with Crippen LogP contribution in [0.15, 0.2) is 22.8 Å². The second kappa shape index (κ2) is 6.55. The van der Waals surface area contributed by atoms with Crippen LogP contribution in [0.4, 0.5) is 0 Å². The summed E-state index contributed by atoms with van der Waals surface area (Å²) in [7, 11) is 0. The molecule has 0 saturated carbocycles. The molecule has 2 heterocycles. The van der Waals surface area contributed by atoms with E-state index in [2.05, 4.69) is 26.2 Å². The van der Waals surface area contributed by atoms with Crippen molar-refractivity contribution in [3.8, 4) is 0 Å². The maximum atomic E-state index is 6.23. The van der Waals surface area contributed by atoms with Crippen molar-refractivity contribution in [1.82, 2.24) is 10.3 Å². The lowest BCUT2D eigenvalue weighted by Crippen LogP contribution is -2.34. The van der Waals surface area contributed by atoms with Crippen molar-refractivity contribution >= 4 is 28.3 Å². The van der Waals surface area contributed by atoms with E-state index >= 15 is 0 Å². The third-order valence-electron chi connectivity index (χ3n) is 2.97.